The lowest BCUT2D eigenvalue weighted by Crippen LogP contribution is -2.27. The summed E-state index contributed by atoms with van der Waals surface area (Å²) in [7, 11) is 0. The number of hydrogen-bond acceptors (Lipinski definition) is 5. The molecule has 1 aliphatic heterocycles. The molecule has 3 heterocycles. The zero-order valence-corrected chi connectivity index (χ0v) is 20.4. The molecular weight excluding hydrogens is 444 g/mol. The number of carbonyl (C=O) groups excluding carboxylic acids is 2. The summed E-state index contributed by atoms with van der Waals surface area (Å²) in [4.78, 5) is 27.4. The van der Waals surface area contributed by atoms with Crippen LogP contribution in [0.25, 0.3) is 11.3 Å². The van der Waals surface area contributed by atoms with E-state index in [1.165, 1.54) is 0 Å². The highest BCUT2D eigenvalue weighted by molar-refractivity contribution is 5.95. The van der Waals surface area contributed by atoms with Gasteiger partial charge in [0.15, 0.2) is 5.76 Å². The monoisotopic (exact) mass is 476 g/mol. The van der Waals surface area contributed by atoms with Gasteiger partial charge in [0.2, 0.25) is 5.91 Å². The van der Waals surface area contributed by atoms with Crippen molar-refractivity contribution in [3.05, 3.63) is 58.7 Å². The lowest BCUT2D eigenvalue weighted by molar-refractivity contribution is -0.122. The van der Waals surface area contributed by atoms with Gasteiger partial charge in [-0.25, -0.2) is 0 Å². The number of ether oxygens (including phenoxy) is 1. The smallest absolute Gasteiger partial charge is 0.289 e. The molecule has 8 nitrogen and oxygen atoms in total. The van der Waals surface area contributed by atoms with Crippen molar-refractivity contribution in [3.8, 4) is 17.0 Å². The van der Waals surface area contributed by atoms with Crippen LogP contribution < -0.4 is 10.1 Å². The van der Waals surface area contributed by atoms with Gasteiger partial charge in [-0.1, -0.05) is 19.1 Å². The van der Waals surface area contributed by atoms with Gasteiger partial charge in [-0.3, -0.25) is 14.3 Å². The van der Waals surface area contributed by atoms with Crippen LogP contribution in [0.4, 0.5) is 0 Å². The number of benzene rings is 1. The Hall–Kier alpha value is -3.55. The first-order valence-corrected chi connectivity index (χ1v) is 12.5. The summed E-state index contributed by atoms with van der Waals surface area (Å²) >= 11 is 0. The van der Waals surface area contributed by atoms with Gasteiger partial charge >= 0.3 is 0 Å². The second-order valence-corrected chi connectivity index (χ2v) is 9.32. The molecule has 0 spiro atoms. The highest BCUT2D eigenvalue weighted by Gasteiger charge is 2.32. The van der Waals surface area contributed by atoms with Gasteiger partial charge in [-0.2, -0.15) is 5.10 Å². The number of nitrogens with zero attached hydrogens (tertiary/aromatic N) is 3. The SMILES string of the molecule is CCCOc1ccc(CNC(=O)Cn2cc3c(n2)-c2c(oc(C(=O)N4CCCC4)c2C)CC3)cc1. The third-order valence-corrected chi connectivity index (χ3v) is 6.69. The normalized spacial score (nSPS) is 14.5. The summed E-state index contributed by atoms with van der Waals surface area (Å²) in [5, 5.41) is 7.67. The van der Waals surface area contributed by atoms with Gasteiger partial charge in [-0.05, 0) is 55.9 Å². The second-order valence-electron chi connectivity index (χ2n) is 9.32. The Balaban J connectivity index is 1.24. The van der Waals surface area contributed by atoms with Crippen LogP contribution in [0.3, 0.4) is 0 Å². The van der Waals surface area contributed by atoms with E-state index in [1.54, 1.807) is 4.68 Å². The number of amides is 2. The van der Waals surface area contributed by atoms with Crippen LogP contribution in [0.2, 0.25) is 0 Å². The summed E-state index contributed by atoms with van der Waals surface area (Å²) in [6.45, 7) is 6.86. The standard InChI is InChI=1S/C27H32N4O4/c1-3-14-34-21-9-6-19(7-10-21)15-28-23(32)17-31-16-20-8-11-22-24(25(20)29-31)18(2)26(35-22)27(33)30-12-4-5-13-30/h6-7,9-10,16H,3-5,8,11-15,17H2,1-2H3,(H,28,32). The molecule has 0 saturated carbocycles. The molecule has 0 unspecified atom stereocenters. The van der Waals surface area contributed by atoms with Crippen LogP contribution in [0.1, 0.15) is 59.2 Å². The first kappa shape index (κ1) is 23.2. The number of likely N-dealkylation sites (tertiary alicyclic amines) is 1. The van der Waals surface area contributed by atoms with Crippen molar-refractivity contribution in [2.24, 2.45) is 0 Å². The van der Waals surface area contributed by atoms with Gasteiger partial charge in [-0.15, -0.1) is 0 Å². The van der Waals surface area contributed by atoms with Crippen LogP contribution in [-0.2, 0) is 30.7 Å². The molecule has 1 aliphatic carbocycles. The Labute approximate surface area is 205 Å². The maximum Gasteiger partial charge on any atom is 0.289 e. The lowest BCUT2D eigenvalue weighted by Gasteiger charge is -2.13. The van der Waals surface area contributed by atoms with Gasteiger partial charge in [0, 0.05) is 43.4 Å². The second kappa shape index (κ2) is 9.98. The quantitative estimate of drug-likeness (QED) is 0.533. The van der Waals surface area contributed by atoms with E-state index in [9.17, 15) is 9.59 Å². The van der Waals surface area contributed by atoms with Crippen molar-refractivity contribution in [2.45, 2.75) is 59.0 Å². The molecule has 35 heavy (non-hydrogen) atoms. The minimum Gasteiger partial charge on any atom is -0.494 e. The van der Waals surface area contributed by atoms with Crippen molar-refractivity contribution >= 4 is 11.8 Å². The first-order chi connectivity index (χ1) is 17.0. The van der Waals surface area contributed by atoms with E-state index in [0.717, 1.165) is 84.7 Å². The predicted octanol–water partition coefficient (Wildman–Crippen LogP) is 3.89. The maximum atomic E-state index is 12.9. The van der Waals surface area contributed by atoms with Crippen molar-refractivity contribution in [1.29, 1.82) is 0 Å². The summed E-state index contributed by atoms with van der Waals surface area (Å²) < 4.78 is 13.3. The summed E-state index contributed by atoms with van der Waals surface area (Å²) in [5.41, 5.74) is 4.67. The predicted molar refractivity (Wildman–Crippen MR) is 131 cm³/mol. The molecule has 8 heteroatoms. The Morgan fingerprint density at radius 2 is 1.91 bits per heavy atom. The highest BCUT2D eigenvalue weighted by atomic mass is 16.5. The molecule has 0 atom stereocenters. The van der Waals surface area contributed by atoms with Gasteiger partial charge in [0.25, 0.3) is 5.91 Å². The van der Waals surface area contributed by atoms with E-state index >= 15 is 0 Å². The molecule has 0 bridgehead atoms. The number of aromatic nitrogens is 2. The molecule has 184 valence electrons. The number of carbonyl (C=O) groups is 2. The summed E-state index contributed by atoms with van der Waals surface area (Å²) in [5.74, 6) is 1.95. The van der Waals surface area contributed by atoms with Crippen LogP contribution >= 0.6 is 0 Å². The Kier molecular flexibility index (Phi) is 6.61. The Bertz CT molecular complexity index is 1220. The molecule has 1 aromatic carbocycles. The average molecular weight is 477 g/mol. The summed E-state index contributed by atoms with van der Waals surface area (Å²) in [6, 6.07) is 7.77. The van der Waals surface area contributed by atoms with E-state index < -0.39 is 0 Å². The van der Waals surface area contributed by atoms with Crippen molar-refractivity contribution in [3.63, 3.8) is 0 Å². The third-order valence-electron chi connectivity index (χ3n) is 6.69. The molecule has 1 saturated heterocycles. The van der Waals surface area contributed by atoms with Crippen LogP contribution in [0.15, 0.2) is 34.9 Å². The lowest BCUT2D eigenvalue weighted by atomic mass is 9.93. The zero-order chi connectivity index (χ0) is 24.4. The fourth-order valence-corrected chi connectivity index (χ4v) is 4.84. The van der Waals surface area contributed by atoms with Crippen LogP contribution in [-0.4, -0.2) is 46.2 Å². The maximum absolute atomic E-state index is 12.9. The zero-order valence-electron chi connectivity index (χ0n) is 20.4. The Morgan fingerprint density at radius 3 is 2.66 bits per heavy atom. The Morgan fingerprint density at radius 1 is 1.14 bits per heavy atom. The van der Waals surface area contributed by atoms with Gasteiger partial charge < -0.3 is 19.4 Å². The molecular formula is C27H32N4O4. The summed E-state index contributed by atoms with van der Waals surface area (Å²) in [6.07, 6.45) is 6.49. The molecule has 3 aromatic rings. The molecule has 1 N–H and O–H groups in total. The average Bonchev–Trinajstić information content (AvgIpc) is 3.60. The molecule has 0 radical (unpaired) electrons. The van der Waals surface area contributed by atoms with E-state index in [1.807, 2.05) is 42.3 Å². The molecule has 2 aliphatic rings. The van der Waals surface area contributed by atoms with Crippen molar-refractivity contribution < 1.29 is 18.7 Å². The van der Waals surface area contributed by atoms with Crippen molar-refractivity contribution in [1.82, 2.24) is 20.0 Å². The minimum absolute atomic E-state index is 0.0280. The number of rotatable bonds is 8. The number of furan rings is 1. The van der Waals surface area contributed by atoms with E-state index in [4.69, 9.17) is 14.3 Å². The molecule has 5 rings (SSSR count). The van der Waals surface area contributed by atoms with Crippen LogP contribution in [0.5, 0.6) is 5.75 Å². The number of nitrogens with one attached hydrogen (secondary N) is 1. The molecule has 2 aromatic heterocycles. The number of fused-ring (bicyclic) bond motifs is 3. The minimum atomic E-state index is -0.106. The number of hydrogen-bond donors (Lipinski definition) is 1. The van der Waals surface area contributed by atoms with Gasteiger partial charge in [0.1, 0.15) is 18.1 Å². The fraction of sp³-hybridized carbons (Fsp3) is 0.444. The van der Waals surface area contributed by atoms with Crippen LogP contribution in [0, 0.1) is 6.92 Å². The van der Waals surface area contributed by atoms with E-state index in [2.05, 4.69) is 12.2 Å². The molecule has 2 amide bonds. The van der Waals surface area contributed by atoms with Gasteiger partial charge in [0.05, 0.1) is 12.3 Å². The number of aryl methyl sites for hydroxylation is 2. The molecule has 1 fully saturated rings. The first-order valence-electron chi connectivity index (χ1n) is 12.5. The fourth-order valence-electron chi connectivity index (χ4n) is 4.84. The highest BCUT2D eigenvalue weighted by Crippen LogP contribution is 2.38. The third kappa shape index (κ3) is 4.83. The van der Waals surface area contributed by atoms with E-state index in [0.29, 0.717) is 18.9 Å². The van der Waals surface area contributed by atoms with E-state index in [-0.39, 0.29) is 18.4 Å². The largest absolute Gasteiger partial charge is 0.494 e. The van der Waals surface area contributed by atoms with Crippen molar-refractivity contribution in [2.75, 3.05) is 19.7 Å². The topological polar surface area (TPSA) is 89.6 Å².